The largest absolute Gasteiger partial charge is 0.456 e. The Morgan fingerprint density at radius 1 is 0.254 bits per heavy atom. The third-order valence-corrected chi connectivity index (χ3v) is 25.4. The van der Waals surface area contributed by atoms with Crippen LogP contribution in [0.15, 0.2) is 416 Å². The average molecular weight is 1640 g/mol. The molecule has 27 rings (SSSR count). The van der Waals surface area contributed by atoms with Crippen LogP contribution in [0.4, 0.5) is 34.1 Å². The standard InChI is InChI=1S/C118H77BN6O/c1-118(2,3)80-66-111-115-112(67-80)125-110-71-84(123-106-49-21-15-39-94(106)96-69-82(55-59-108(96)123)121-103-46-18-12-36-91(103)92-37-13-19-47-104(92)121)53-57-100(110)119(115)99-56-52-83(122-105-48-20-14-38-93(105)95-68-81(54-58-107(95)122)120-101-44-16-10-34-89(101)90-35-11-17-45-102(90)120)70-109(99)124(111)116-85(72-26-6-4-7-27-72)40-24-42-87(116)78-32-22-30-74(62-78)76-50-60-113-97(64-76)98-65-77(51-61-114(98)126-113)75-31-23-33-79(63-75)88-43-25-41-86(117(88)125)73-28-8-5-9-29-73/h4-71H,1-3H3/i10D,11D,12D,13D,14D,15D,16D,17D,18D,19D,20D,21D,34D,35D,36D,37D,38D,39D,44D,45D,46D,47D,48D,49D,54D,55D,58D,59D,68D,69D. The molecule has 7 nitrogen and oxygen atoms in total. The number of benzene rings is 19. The lowest BCUT2D eigenvalue weighted by atomic mass is 9.33. The van der Waals surface area contributed by atoms with Crippen molar-refractivity contribution in [2.24, 2.45) is 0 Å². The molecule has 24 aromatic rings. The van der Waals surface area contributed by atoms with Crippen LogP contribution in [-0.2, 0) is 5.41 Å². The Kier molecular flexibility index (Phi) is 10.0. The molecule has 0 fully saturated rings. The maximum absolute atomic E-state index is 10.9. The summed E-state index contributed by atoms with van der Waals surface area (Å²) in [5.74, 6) is 0. The number of hydrogen-bond donors (Lipinski definition) is 0. The summed E-state index contributed by atoms with van der Waals surface area (Å²) in [4.78, 5) is 4.41. The van der Waals surface area contributed by atoms with Gasteiger partial charge in [-0.15, -0.1) is 0 Å². The second-order valence-corrected chi connectivity index (χ2v) is 33.2. The van der Waals surface area contributed by atoms with Crippen molar-refractivity contribution in [1.82, 2.24) is 18.3 Å². The normalized spacial score (nSPS) is 16.2. The Hall–Kier alpha value is -16.2. The fourth-order valence-electron chi connectivity index (χ4n) is 19.8. The van der Waals surface area contributed by atoms with E-state index in [2.05, 4.69) is 91.2 Å². The van der Waals surface area contributed by atoms with E-state index in [1.165, 1.54) is 9.13 Å². The molecule has 0 saturated carbocycles. The van der Waals surface area contributed by atoms with Crippen LogP contribution in [0.2, 0.25) is 0 Å². The fraction of sp³-hybridized carbons (Fsp3) is 0.0339. The van der Waals surface area contributed by atoms with E-state index in [0.29, 0.717) is 83.9 Å². The molecule has 8 heterocycles. The number of aromatic nitrogens is 4. The zero-order valence-electron chi connectivity index (χ0n) is 97.1. The Morgan fingerprint density at radius 2 is 0.579 bits per heavy atom. The van der Waals surface area contributed by atoms with E-state index in [1.54, 1.807) is 12.1 Å². The SMILES string of the molecule is [2H]c1c([2H])c([2H])c2c(c1[2H])c1c([2H])c(-n3c4c([2H])c([2H])c([2H])c([2H])c4c4c([2H])c([2H])c([2H])c([2H])c43)c([2H])c([2H])c1n2-c1ccc2c(c1)N1c3cc(C(C)(C)C)cc4c3B2c2ccc(-n3c5c([2H])c([2H])c([2H])c([2H])c5c5c([2H])c(-n6c7c([2H])c([2H])c([2H])c([2H])c7c7c([2H])c([2H])c([2H])c([2H])c76)c([2H])c([2H])c53)cc2N4c2c(-c3ccccc3)cccc2-c2cccc(c2)-c2ccc3oc4ccc(cc4c3c2)-c2cccc(c2)-c2cccc(-c3ccccc3)c21. The predicted molar refractivity (Wildman–Crippen MR) is 530 cm³/mol. The molecular weight excluding hydrogens is 1530 g/mol. The molecular formula is C118H77BN6O. The van der Waals surface area contributed by atoms with Crippen molar-refractivity contribution in [1.29, 1.82) is 0 Å². The highest BCUT2D eigenvalue weighted by Crippen LogP contribution is 2.56. The van der Waals surface area contributed by atoms with Gasteiger partial charge >= 0.3 is 0 Å². The van der Waals surface area contributed by atoms with Crippen LogP contribution in [-0.4, -0.2) is 25.0 Å². The Labute approximate surface area is 769 Å². The molecule has 5 aromatic heterocycles. The molecule has 3 aliphatic rings. The third-order valence-electron chi connectivity index (χ3n) is 25.4. The molecule has 0 amide bonds. The van der Waals surface area contributed by atoms with Crippen LogP contribution < -0.4 is 26.2 Å². The molecule has 0 spiro atoms. The van der Waals surface area contributed by atoms with Crippen molar-refractivity contribution in [2.45, 2.75) is 26.2 Å². The van der Waals surface area contributed by atoms with Crippen molar-refractivity contribution < 1.29 is 45.5 Å². The molecule has 0 radical (unpaired) electrons. The first-order valence-corrected chi connectivity index (χ1v) is 41.4. The van der Waals surface area contributed by atoms with Crippen LogP contribution in [0.3, 0.4) is 0 Å². The lowest BCUT2D eigenvalue weighted by Crippen LogP contribution is -2.61. The molecule has 8 heteroatoms. The predicted octanol–water partition coefficient (Wildman–Crippen LogP) is 29.7. The first kappa shape index (κ1) is 47.3. The summed E-state index contributed by atoms with van der Waals surface area (Å²) in [7, 11) is 0. The number of hydrogen-bond acceptors (Lipinski definition) is 3. The van der Waals surface area contributed by atoms with Crippen molar-refractivity contribution in [3.8, 4) is 89.5 Å². The summed E-state index contributed by atoms with van der Waals surface area (Å²) in [6.07, 6.45) is 0. The lowest BCUT2D eigenvalue weighted by Gasteiger charge is -2.46. The van der Waals surface area contributed by atoms with Gasteiger partial charge in [0, 0.05) is 122 Å². The molecule has 3 aliphatic heterocycles. The highest BCUT2D eigenvalue weighted by atomic mass is 16.3. The zero-order chi connectivity index (χ0) is 109. The van der Waals surface area contributed by atoms with Gasteiger partial charge in [-0.1, -0.05) is 287 Å². The van der Waals surface area contributed by atoms with Gasteiger partial charge in [0.05, 0.1) is 96.6 Å². The van der Waals surface area contributed by atoms with Gasteiger partial charge in [0.1, 0.15) is 11.2 Å². The van der Waals surface area contributed by atoms with Gasteiger partial charge in [0.15, 0.2) is 0 Å². The Balaban J connectivity index is 0.822. The molecule has 0 atom stereocenters. The smallest absolute Gasteiger partial charge is 0.252 e. The zero-order valence-corrected chi connectivity index (χ0v) is 67.1. The fourth-order valence-corrected chi connectivity index (χ4v) is 19.8. The van der Waals surface area contributed by atoms with Gasteiger partial charge < -0.3 is 32.5 Å². The van der Waals surface area contributed by atoms with Gasteiger partial charge in [0.25, 0.3) is 6.71 Å². The molecule has 13 bridgehead atoms. The highest BCUT2D eigenvalue weighted by molar-refractivity contribution is 7.00. The van der Waals surface area contributed by atoms with Gasteiger partial charge in [-0.2, -0.15) is 0 Å². The summed E-state index contributed by atoms with van der Waals surface area (Å²) < 4.78 is 304. The lowest BCUT2D eigenvalue weighted by molar-refractivity contribution is 0.590. The molecule has 0 aliphatic carbocycles. The number of anilines is 6. The maximum atomic E-state index is 10.9. The first-order chi connectivity index (χ1) is 74.6. The van der Waals surface area contributed by atoms with E-state index in [1.807, 2.05) is 158 Å². The first-order valence-electron chi connectivity index (χ1n) is 56.4. The molecule has 0 saturated heterocycles. The Bertz CT molecular complexity index is 10000. The number of para-hydroxylation sites is 8. The number of nitrogens with zero attached hydrogens (tertiary/aromatic N) is 6. The van der Waals surface area contributed by atoms with Crippen LogP contribution in [0, 0.1) is 0 Å². The minimum atomic E-state index is -1.02. The maximum Gasteiger partial charge on any atom is 0.252 e. The molecule has 0 unspecified atom stereocenters. The summed E-state index contributed by atoms with van der Waals surface area (Å²) in [6.45, 7) is 5.26. The summed E-state index contributed by atoms with van der Waals surface area (Å²) >= 11 is 0. The average Bonchev–Trinajstić information content (AvgIpc) is 1.50. The van der Waals surface area contributed by atoms with E-state index >= 15 is 0 Å². The quantitative estimate of drug-likeness (QED) is 0.156. The van der Waals surface area contributed by atoms with Crippen LogP contribution >= 0.6 is 0 Å². The molecule has 588 valence electrons. The summed E-state index contributed by atoms with van der Waals surface area (Å²) in [5, 5.41) is -1.29. The van der Waals surface area contributed by atoms with Crippen LogP contribution in [0.25, 0.3) is 199 Å². The van der Waals surface area contributed by atoms with Crippen LogP contribution in [0.5, 0.6) is 0 Å². The van der Waals surface area contributed by atoms with E-state index in [-0.39, 0.29) is 55.0 Å². The second kappa shape index (κ2) is 26.7. The number of rotatable bonds is 6. The van der Waals surface area contributed by atoms with Gasteiger partial charge in [0.2, 0.25) is 0 Å². The monoisotopic (exact) mass is 1630 g/mol. The van der Waals surface area contributed by atoms with E-state index in [0.717, 1.165) is 70.0 Å². The van der Waals surface area contributed by atoms with Crippen molar-refractivity contribution in [2.75, 3.05) is 9.80 Å². The second-order valence-electron chi connectivity index (χ2n) is 33.2. The molecule has 0 N–H and O–H groups in total. The highest BCUT2D eigenvalue weighted by Gasteiger charge is 2.47. The summed E-state index contributed by atoms with van der Waals surface area (Å²) in [6, 6.07) is 53.2. The topological polar surface area (TPSA) is 39.3 Å². The minimum Gasteiger partial charge on any atom is -0.456 e. The number of fused-ring (bicyclic) bond motifs is 32. The van der Waals surface area contributed by atoms with Gasteiger partial charge in [-0.05, 0) is 217 Å². The molecule has 126 heavy (non-hydrogen) atoms. The minimum absolute atomic E-state index is 0.0862. The molecule has 19 aromatic carbocycles. The van der Waals surface area contributed by atoms with E-state index in [9.17, 15) is 30.2 Å². The van der Waals surface area contributed by atoms with Crippen molar-refractivity contribution in [3.63, 3.8) is 0 Å². The summed E-state index contributed by atoms with van der Waals surface area (Å²) in [5.41, 5.74) is 10.9. The number of furan rings is 1. The van der Waals surface area contributed by atoms with E-state index in [4.69, 9.17) is 15.4 Å². The van der Waals surface area contributed by atoms with Gasteiger partial charge in [-0.3, -0.25) is 0 Å². The van der Waals surface area contributed by atoms with Crippen molar-refractivity contribution in [3.05, 3.63) is 417 Å². The van der Waals surface area contributed by atoms with E-state index < -0.39 is 248 Å². The van der Waals surface area contributed by atoms with Crippen molar-refractivity contribution >= 4 is 166 Å². The van der Waals surface area contributed by atoms with Gasteiger partial charge in [-0.25, -0.2) is 0 Å². The Morgan fingerprint density at radius 3 is 0.968 bits per heavy atom. The van der Waals surface area contributed by atoms with Crippen LogP contribution in [0.1, 0.15) is 67.5 Å². The third kappa shape index (κ3) is 10.3.